The summed E-state index contributed by atoms with van der Waals surface area (Å²) >= 11 is 0. The van der Waals surface area contributed by atoms with Gasteiger partial charge in [-0.1, -0.05) is 38.5 Å². The smallest absolute Gasteiger partial charge is 0.265 e. The monoisotopic (exact) mass is 650 g/mol. The van der Waals surface area contributed by atoms with Crippen molar-refractivity contribution < 1.29 is 19.1 Å². The molecule has 4 N–H and O–H groups in total. The third-order valence-corrected chi connectivity index (χ3v) is 10.7. The lowest BCUT2D eigenvalue weighted by atomic mass is 9.81. The maximum absolute atomic E-state index is 11.9. The fraction of sp³-hybridized carbons (Fsp3) is 0.474. The Kier molecular flexibility index (Phi) is 8.98. The van der Waals surface area contributed by atoms with E-state index in [-0.39, 0.29) is 24.0 Å². The Morgan fingerprint density at radius 2 is 1.08 bits per heavy atom. The quantitative estimate of drug-likeness (QED) is 0.223. The van der Waals surface area contributed by atoms with E-state index >= 15 is 0 Å². The van der Waals surface area contributed by atoms with Crippen LogP contribution in [0.25, 0.3) is 22.5 Å². The molecule has 4 aromatic heterocycles. The van der Waals surface area contributed by atoms with E-state index < -0.39 is 0 Å². The van der Waals surface area contributed by atoms with E-state index in [9.17, 15) is 9.59 Å². The highest BCUT2D eigenvalue weighted by molar-refractivity contribution is 5.94. The number of primary amides is 2. The van der Waals surface area contributed by atoms with E-state index in [0.29, 0.717) is 36.3 Å². The van der Waals surface area contributed by atoms with Gasteiger partial charge in [0.05, 0.1) is 23.8 Å². The molecule has 48 heavy (non-hydrogen) atoms. The maximum atomic E-state index is 11.9. The Morgan fingerprint density at radius 1 is 0.688 bits per heavy atom. The second-order valence-corrected chi connectivity index (χ2v) is 13.5. The first kappa shape index (κ1) is 32.0. The topological polar surface area (TPSA) is 140 Å². The SMILES string of the molecule is CCn1c(C(N)=O)cc2c1-c1ccncc1O[C@@H]2C1CCCCC1.CCn1c(C(N)=O)cc2c1-c1ccncc1O[C@H]2C1CCCCC1. The lowest BCUT2D eigenvalue weighted by Gasteiger charge is -2.34. The summed E-state index contributed by atoms with van der Waals surface area (Å²) in [5.74, 6) is 1.82. The minimum Gasteiger partial charge on any atom is -0.483 e. The number of fused-ring (bicyclic) bond motifs is 6. The van der Waals surface area contributed by atoms with Crippen molar-refractivity contribution in [3.63, 3.8) is 0 Å². The van der Waals surface area contributed by atoms with Crippen molar-refractivity contribution >= 4 is 11.8 Å². The molecule has 0 saturated heterocycles. The molecule has 8 rings (SSSR count). The van der Waals surface area contributed by atoms with E-state index in [1.807, 2.05) is 47.2 Å². The largest absolute Gasteiger partial charge is 0.483 e. The molecule has 4 aromatic rings. The van der Waals surface area contributed by atoms with Crippen molar-refractivity contribution in [2.45, 2.75) is 103 Å². The predicted molar refractivity (Wildman–Crippen MR) is 184 cm³/mol. The Bertz CT molecular complexity index is 1680. The predicted octanol–water partition coefficient (Wildman–Crippen LogP) is 7.37. The van der Waals surface area contributed by atoms with Crippen LogP contribution >= 0.6 is 0 Å². The summed E-state index contributed by atoms with van der Waals surface area (Å²) in [6.45, 7) is 5.48. The van der Waals surface area contributed by atoms with Gasteiger partial charge in [-0.15, -0.1) is 0 Å². The van der Waals surface area contributed by atoms with Crippen molar-refractivity contribution in [2.75, 3.05) is 0 Å². The molecule has 10 heteroatoms. The Hall–Kier alpha value is -4.60. The molecule has 2 atom stereocenters. The Balaban J connectivity index is 0.000000152. The number of aromatic nitrogens is 4. The first-order chi connectivity index (χ1) is 23.4. The molecule has 0 unspecified atom stereocenters. The van der Waals surface area contributed by atoms with Gasteiger partial charge in [0.2, 0.25) is 0 Å². The third kappa shape index (κ3) is 5.65. The van der Waals surface area contributed by atoms with Crippen molar-refractivity contribution in [3.05, 3.63) is 71.6 Å². The summed E-state index contributed by atoms with van der Waals surface area (Å²) in [5.41, 5.74) is 18.8. The summed E-state index contributed by atoms with van der Waals surface area (Å²) < 4.78 is 16.8. The first-order valence-corrected chi connectivity index (χ1v) is 17.7. The molecule has 6 heterocycles. The molecule has 2 saturated carbocycles. The molecule has 0 bridgehead atoms. The van der Waals surface area contributed by atoms with Gasteiger partial charge in [0.15, 0.2) is 0 Å². The number of nitrogens with zero attached hydrogens (tertiary/aromatic N) is 4. The zero-order chi connectivity index (χ0) is 33.4. The van der Waals surface area contributed by atoms with Crippen LogP contribution in [0, 0.1) is 11.8 Å². The number of carbonyl (C=O) groups is 2. The number of hydrogen-bond donors (Lipinski definition) is 2. The molecule has 0 aromatic carbocycles. The van der Waals surface area contributed by atoms with Gasteiger partial charge >= 0.3 is 0 Å². The van der Waals surface area contributed by atoms with Gasteiger partial charge in [0.1, 0.15) is 35.1 Å². The highest BCUT2D eigenvalue weighted by atomic mass is 16.5. The van der Waals surface area contributed by atoms with Crippen LogP contribution in [-0.2, 0) is 13.1 Å². The van der Waals surface area contributed by atoms with Gasteiger partial charge in [0, 0.05) is 59.6 Å². The fourth-order valence-corrected chi connectivity index (χ4v) is 8.55. The second-order valence-electron chi connectivity index (χ2n) is 13.5. The van der Waals surface area contributed by atoms with Crippen LogP contribution in [-0.4, -0.2) is 30.9 Å². The number of hydrogen-bond acceptors (Lipinski definition) is 6. The van der Waals surface area contributed by atoms with Crippen LogP contribution in [0.15, 0.2) is 49.1 Å². The highest BCUT2D eigenvalue weighted by Crippen LogP contribution is 2.50. The average Bonchev–Trinajstić information content (AvgIpc) is 3.72. The molecule has 252 valence electrons. The number of ether oxygens (including phenoxy) is 2. The highest BCUT2D eigenvalue weighted by Gasteiger charge is 2.38. The van der Waals surface area contributed by atoms with Crippen molar-refractivity contribution in [1.82, 2.24) is 19.1 Å². The van der Waals surface area contributed by atoms with Gasteiger partial charge in [0.25, 0.3) is 11.8 Å². The second kappa shape index (κ2) is 13.5. The maximum Gasteiger partial charge on any atom is 0.265 e. The van der Waals surface area contributed by atoms with Gasteiger partial charge in [-0.2, -0.15) is 0 Å². The van der Waals surface area contributed by atoms with Crippen molar-refractivity contribution in [1.29, 1.82) is 0 Å². The molecule has 0 spiro atoms. The summed E-state index contributed by atoms with van der Waals surface area (Å²) in [6.07, 6.45) is 19.3. The van der Waals surface area contributed by atoms with Crippen LogP contribution < -0.4 is 20.9 Å². The molecule has 2 aliphatic heterocycles. The molecule has 0 radical (unpaired) electrons. The minimum atomic E-state index is -0.385. The lowest BCUT2D eigenvalue weighted by Crippen LogP contribution is -2.24. The van der Waals surface area contributed by atoms with E-state index in [0.717, 1.165) is 45.1 Å². The van der Waals surface area contributed by atoms with Gasteiger partial charge in [-0.05, 0) is 63.8 Å². The van der Waals surface area contributed by atoms with E-state index in [2.05, 4.69) is 9.97 Å². The number of amides is 2. The first-order valence-electron chi connectivity index (χ1n) is 17.7. The molecule has 2 aliphatic carbocycles. The third-order valence-electron chi connectivity index (χ3n) is 10.7. The Labute approximate surface area is 281 Å². The summed E-state index contributed by atoms with van der Waals surface area (Å²) in [6, 6.07) is 7.82. The van der Waals surface area contributed by atoms with Crippen LogP contribution in [0.2, 0.25) is 0 Å². The molecular formula is C38H46N6O4. The fourth-order valence-electron chi connectivity index (χ4n) is 8.55. The summed E-state index contributed by atoms with van der Waals surface area (Å²) in [4.78, 5) is 32.3. The van der Waals surface area contributed by atoms with Crippen LogP contribution in [0.3, 0.4) is 0 Å². The van der Waals surface area contributed by atoms with E-state index in [1.54, 1.807) is 24.8 Å². The molecule has 2 amide bonds. The number of carbonyl (C=O) groups excluding carboxylic acids is 2. The summed E-state index contributed by atoms with van der Waals surface area (Å²) in [5, 5.41) is 0. The van der Waals surface area contributed by atoms with Crippen LogP contribution in [0.1, 0.15) is 122 Å². The zero-order valence-corrected chi connectivity index (χ0v) is 28.0. The summed E-state index contributed by atoms with van der Waals surface area (Å²) in [7, 11) is 0. The number of nitrogens with two attached hydrogens (primary N) is 2. The normalized spacial score (nSPS) is 20.1. The Morgan fingerprint density at radius 3 is 1.44 bits per heavy atom. The molecule has 2 fully saturated rings. The van der Waals surface area contributed by atoms with Gasteiger partial charge in [-0.3, -0.25) is 19.6 Å². The molecule has 10 nitrogen and oxygen atoms in total. The lowest BCUT2D eigenvalue weighted by molar-refractivity contribution is 0.0983. The minimum absolute atomic E-state index is 0.0112. The van der Waals surface area contributed by atoms with Crippen molar-refractivity contribution in [2.24, 2.45) is 23.3 Å². The number of pyridine rings is 2. The standard InChI is InChI=1S/2C19H23N3O2/c2*1-2-22-15(19(20)23)10-14-17(22)13-8-9-21-11-16(13)24-18(14)12-6-4-3-5-7-12/h2*8-12,18H,2-7H2,1H3,(H2,20,23)/t2*18-/m10/s1. The van der Waals surface area contributed by atoms with Crippen LogP contribution in [0.5, 0.6) is 11.5 Å². The molecular weight excluding hydrogens is 604 g/mol. The molecule has 4 aliphatic rings. The van der Waals surface area contributed by atoms with Gasteiger partial charge < -0.3 is 30.1 Å². The average molecular weight is 651 g/mol. The van der Waals surface area contributed by atoms with E-state index in [1.165, 1.54) is 64.2 Å². The van der Waals surface area contributed by atoms with E-state index in [4.69, 9.17) is 20.9 Å². The van der Waals surface area contributed by atoms with Gasteiger partial charge in [-0.25, -0.2) is 0 Å². The zero-order valence-electron chi connectivity index (χ0n) is 28.0. The number of rotatable bonds is 6. The van der Waals surface area contributed by atoms with Crippen molar-refractivity contribution in [3.8, 4) is 34.0 Å². The van der Waals surface area contributed by atoms with Crippen LogP contribution in [0.4, 0.5) is 0 Å².